The fraction of sp³-hybridized carbons (Fsp3) is 0.0741. The zero-order valence-electron chi connectivity index (χ0n) is 18.1. The number of nitrogens with zero attached hydrogens (tertiary/aromatic N) is 2. The Morgan fingerprint density at radius 3 is 2.79 bits per heavy atom. The van der Waals surface area contributed by atoms with Crippen LogP contribution in [0.1, 0.15) is 27.2 Å². The Balaban J connectivity index is 1.25. The number of rotatable bonds is 6. The number of fused-ring (bicyclic) bond motifs is 3. The van der Waals surface area contributed by atoms with Crippen LogP contribution in [0.2, 0.25) is 0 Å². The highest BCUT2D eigenvalue weighted by atomic mass is 16.5. The first kappa shape index (κ1) is 20.5. The maximum Gasteiger partial charge on any atom is 0.289 e. The van der Waals surface area contributed by atoms with Crippen molar-refractivity contribution in [2.24, 2.45) is 5.10 Å². The molecule has 0 atom stereocenters. The van der Waals surface area contributed by atoms with E-state index in [1.54, 1.807) is 18.5 Å². The minimum Gasteiger partial charge on any atom is -0.489 e. The lowest BCUT2D eigenvalue weighted by molar-refractivity contribution is 0.0950. The summed E-state index contributed by atoms with van der Waals surface area (Å²) < 4.78 is 5.89. The summed E-state index contributed by atoms with van der Waals surface area (Å²) in [5.74, 6) is 0.364. The predicted octanol–water partition coefficient (Wildman–Crippen LogP) is 5.37. The Morgan fingerprint density at radius 1 is 1.00 bits per heavy atom. The van der Waals surface area contributed by atoms with Gasteiger partial charge in [-0.25, -0.2) is 10.4 Å². The molecule has 0 bridgehead atoms. The summed E-state index contributed by atoms with van der Waals surface area (Å²) >= 11 is 0. The van der Waals surface area contributed by atoms with Gasteiger partial charge in [0.2, 0.25) is 0 Å². The Hall–Kier alpha value is -4.45. The van der Waals surface area contributed by atoms with E-state index in [-0.39, 0.29) is 5.91 Å². The van der Waals surface area contributed by atoms with E-state index in [4.69, 9.17) is 4.74 Å². The highest BCUT2D eigenvalue weighted by Gasteiger charge is 2.10. The van der Waals surface area contributed by atoms with Crippen molar-refractivity contribution in [3.05, 3.63) is 107 Å². The molecule has 5 aromatic rings. The Labute approximate surface area is 190 Å². The molecule has 0 unspecified atom stereocenters. The van der Waals surface area contributed by atoms with Gasteiger partial charge in [-0.3, -0.25) is 4.79 Å². The molecule has 0 radical (unpaired) electrons. The largest absolute Gasteiger partial charge is 0.489 e. The monoisotopic (exact) mass is 434 g/mol. The van der Waals surface area contributed by atoms with E-state index < -0.39 is 0 Å². The molecule has 3 aromatic carbocycles. The molecule has 162 valence electrons. The number of aromatic nitrogens is 2. The molecule has 2 heterocycles. The highest BCUT2D eigenvalue weighted by molar-refractivity contribution is 6.09. The van der Waals surface area contributed by atoms with Crippen LogP contribution in [0.25, 0.3) is 21.8 Å². The Kier molecular flexibility index (Phi) is 5.55. The number of nitrogens with one attached hydrogen (secondary N) is 2. The maximum absolute atomic E-state index is 12.6. The van der Waals surface area contributed by atoms with Gasteiger partial charge in [0, 0.05) is 16.3 Å². The predicted molar refractivity (Wildman–Crippen MR) is 131 cm³/mol. The van der Waals surface area contributed by atoms with E-state index in [1.807, 2.05) is 60.7 Å². The molecule has 33 heavy (non-hydrogen) atoms. The maximum atomic E-state index is 12.6. The van der Waals surface area contributed by atoms with E-state index in [0.29, 0.717) is 12.3 Å². The zero-order chi connectivity index (χ0) is 22.6. The third-order valence-electron chi connectivity index (χ3n) is 5.35. The van der Waals surface area contributed by atoms with Crippen LogP contribution >= 0.6 is 0 Å². The number of hydrogen-bond acceptors (Lipinski definition) is 4. The average Bonchev–Trinajstić information content (AvgIpc) is 3.21. The van der Waals surface area contributed by atoms with Gasteiger partial charge in [-0.15, -0.1) is 0 Å². The van der Waals surface area contributed by atoms with Gasteiger partial charge in [0.15, 0.2) is 0 Å². The number of benzene rings is 3. The van der Waals surface area contributed by atoms with Crippen molar-refractivity contribution in [1.82, 2.24) is 15.4 Å². The van der Waals surface area contributed by atoms with Gasteiger partial charge in [-0.05, 0) is 42.3 Å². The molecular formula is C27H22N4O2. The molecule has 0 saturated carbocycles. The molecule has 0 fully saturated rings. The topological polar surface area (TPSA) is 79.4 Å². The Bertz CT molecular complexity index is 1490. The van der Waals surface area contributed by atoms with Crippen LogP contribution in [0.5, 0.6) is 5.75 Å². The van der Waals surface area contributed by atoms with Crippen LogP contribution in [-0.4, -0.2) is 22.1 Å². The summed E-state index contributed by atoms with van der Waals surface area (Å²) in [6.45, 7) is 2.55. The second-order valence-corrected chi connectivity index (χ2v) is 7.84. The molecule has 5 rings (SSSR count). The number of carbonyl (C=O) groups excluding carboxylic acids is 1. The fourth-order valence-corrected chi connectivity index (χ4v) is 3.75. The van der Waals surface area contributed by atoms with Crippen LogP contribution in [-0.2, 0) is 6.61 Å². The van der Waals surface area contributed by atoms with Gasteiger partial charge in [-0.1, -0.05) is 60.2 Å². The average molecular weight is 434 g/mol. The van der Waals surface area contributed by atoms with Crippen molar-refractivity contribution in [3.8, 4) is 5.75 Å². The van der Waals surface area contributed by atoms with E-state index in [0.717, 1.165) is 38.7 Å². The van der Waals surface area contributed by atoms with Crippen LogP contribution in [0.3, 0.4) is 0 Å². The minimum atomic E-state index is -0.370. The van der Waals surface area contributed by atoms with Crippen molar-refractivity contribution in [2.45, 2.75) is 13.5 Å². The summed E-state index contributed by atoms with van der Waals surface area (Å²) in [4.78, 5) is 20.1. The second-order valence-electron chi connectivity index (χ2n) is 7.84. The first-order valence-electron chi connectivity index (χ1n) is 10.6. The third kappa shape index (κ3) is 4.60. The first-order valence-corrected chi connectivity index (χ1v) is 10.6. The SMILES string of the molecule is Cc1cccc(COc2cccc(/C=N/NC(=O)c3cc4c(cn3)[nH]c3ccccc34)c2)c1. The fourth-order valence-electron chi connectivity index (χ4n) is 3.75. The van der Waals surface area contributed by atoms with Crippen molar-refractivity contribution in [1.29, 1.82) is 0 Å². The van der Waals surface area contributed by atoms with E-state index in [9.17, 15) is 4.79 Å². The van der Waals surface area contributed by atoms with Crippen LogP contribution in [0.4, 0.5) is 0 Å². The lowest BCUT2D eigenvalue weighted by Gasteiger charge is -2.07. The molecule has 0 aliphatic carbocycles. The number of aryl methyl sites for hydroxylation is 1. The van der Waals surface area contributed by atoms with Crippen LogP contribution < -0.4 is 10.2 Å². The van der Waals surface area contributed by atoms with Crippen molar-refractivity contribution in [2.75, 3.05) is 0 Å². The molecule has 0 aliphatic heterocycles. The molecule has 6 nitrogen and oxygen atoms in total. The number of H-pyrrole nitrogens is 1. The van der Waals surface area contributed by atoms with Crippen molar-refractivity contribution < 1.29 is 9.53 Å². The summed E-state index contributed by atoms with van der Waals surface area (Å²) in [6, 6.07) is 25.5. The summed E-state index contributed by atoms with van der Waals surface area (Å²) in [5.41, 5.74) is 7.88. The summed E-state index contributed by atoms with van der Waals surface area (Å²) in [6.07, 6.45) is 3.25. The number of amides is 1. The lowest BCUT2D eigenvalue weighted by Crippen LogP contribution is -2.18. The number of ether oxygens (including phenoxy) is 1. The second kappa shape index (κ2) is 8.96. The van der Waals surface area contributed by atoms with Gasteiger partial charge >= 0.3 is 0 Å². The van der Waals surface area contributed by atoms with Gasteiger partial charge in [0.05, 0.1) is 17.9 Å². The smallest absolute Gasteiger partial charge is 0.289 e. The number of aromatic amines is 1. The van der Waals surface area contributed by atoms with E-state index in [2.05, 4.69) is 39.6 Å². The normalized spacial score (nSPS) is 11.3. The van der Waals surface area contributed by atoms with Crippen LogP contribution in [0.15, 0.2) is 90.2 Å². The summed E-state index contributed by atoms with van der Waals surface area (Å²) in [7, 11) is 0. The highest BCUT2D eigenvalue weighted by Crippen LogP contribution is 2.25. The first-order chi connectivity index (χ1) is 16.2. The molecule has 0 saturated heterocycles. The third-order valence-corrected chi connectivity index (χ3v) is 5.35. The molecule has 1 amide bonds. The van der Waals surface area contributed by atoms with E-state index >= 15 is 0 Å². The summed E-state index contributed by atoms with van der Waals surface area (Å²) in [5, 5.41) is 6.09. The minimum absolute atomic E-state index is 0.305. The standard InChI is InChI=1S/C27H22N4O2/c1-18-6-4-8-20(12-18)17-33-21-9-5-7-19(13-21)15-29-31-27(32)25-14-23-22-10-2-3-11-24(22)30-26(23)16-28-25/h2-16,30H,17H2,1H3,(H,31,32)/b29-15+. The van der Waals surface area contributed by atoms with Gasteiger partial charge in [0.1, 0.15) is 18.1 Å². The molecule has 2 aromatic heterocycles. The molecule has 0 aliphatic rings. The molecule has 2 N–H and O–H groups in total. The number of pyridine rings is 1. The molecule has 6 heteroatoms. The van der Waals surface area contributed by atoms with E-state index in [1.165, 1.54) is 5.56 Å². The number of hydrazone groups is 1. The Morgan fingerprint density at radius 2 is 1.88 bits per heavy atom. The van der Waals surface area contributed by atoms with Crippen molar-refractivity contribution in [3.63, 3.8) is 0 Å². The zero-order valence-corrected chi connectivity index (χ0v) is 18.1. The number of carbonyl (C=O) groups is 1. The quantitative estimate of drug-likeness (QED) is 0.279. The van der Waals surface area contributed by atoms with Crippen molar-refractivity contribution >= 4 is 33.9 Å². The number of hydrogen-bond donors (Lipinski definition) is 2. The van der Waals surface area contributed by atoms with Gasteiger partial charge in [-0.2, -0.15) is 5.10 Å². The number of para-hydroxylation sites is 1. The molecule has 0 spiro atoms. The molecular weight excluding hydrogens is 412 g/mol. The van der Waals surface area contributed by atoms with Crippen LogP contribution in [0, 0.1) is 6.92 Å². The van der Waals surface area contributed by atoms with Gasteiger partial charge < -0.3 is 9.72 Å². The van der Waals surface area contributed by atoms with Gasteiger partial charge in [0.25, 0.3) is 5.91 Å². The lowest BCUT2D eigenvalue weighted by atomic mass is 10.1.